The van der Waals surface area contributed by atoms with Gasteiger partial charge in [-0.05, 0) is 0 Å². The van der Waals surface area contributed by atoms with Crippen molar-refractivity contribution < 1.29 is 39.4 Å². The number of aliphatic hydroxyl groups excluding tert-OH is 3. The van der Waals surface area contributed by atoms with E-state index in [0.29, 0.717) is 13.1 Å². The summed E-state index contributed by atoms with van der Waals surface area (Å²) in [7, 11) is 0. The Kier molecular flexibility index (Phi) is 9.08. The molecule has 7 atom stereocenters. The minimum absolute atomic E-state index is 0.0811. The molecule has 0 aliphatic carbocycles. The number of piperazine rings is 1. The number of aliphatic hydroxyl groups is 3. The SMILES string of the molecule is CC(=O)N(C[C@H](O)CN1CCN(CCO)CC1)[C@@H]1[C@@H](O)[C@@H]2OC(c3ccccc3)OC[C@H]2O[C@H]1[O-]. The summed E-state index contributed by atoms with van der Waals surface area (Å²) in [6.45, 7) is 5.38. The Bertz CT molecular complexity index is 809. The van der Waals surface area contributed by atoms with E-state index in [9.17, 15) is 20.1 Å². The number of hydrogen-bond donors (Lipinski definition) is 3. The number of β-amino-alcohol motifs (C(OH)–C–C–N with tert-alkyl or cyclic N) is 2. The molecule has 3 fully saturated rings. The van der Waals surface area contributed by atoms with Crippen LogP contribution in [0.1, 0.15) is 18.8 Å². The van der Waals surface area contributed by atoms with Gasteiger partial charge in [-0.1, -0.05) is 30.3 Å². The van der Waals surface area contributed by atoms with Gasteiger partial charge in [-0.25, -0.2) is 0 Å². The summed E-state index contributed by atoms with van der Waals surface area (Å²) in [5, 5.41) is 43.9. The van der Waals surface area contributed by atoms with Gasteiger partial charge in [0.15, 0.2) is 6.29 Å². The number of amides is 1. The lowest BCUT2D eigenvalue weighted by molar-refractivity contribution is -0.532. The zero-order valence-electron chi connectivity index (χ0n) is 20.0. The first-order valence-electron chi connectivity index (χ1n) is 12.2. The van der Waals surface area contributed by atoms with Crippen molar-refractivity contribution in [1.29, 1.82) is 0 Å². The summed E-state index contributed by atoms with van der Waals surface area (Å²) >= 11 is 0. The average molecular weight is 495 g/mol. The molecule has 3 aliphatic heterocycles. The normalized spacial score (nSPS) is 33.2. The van der Waals surface area contributed by atoms with Gasteiger partial charge < -0.3 is 39.5 Å². The van der Waals surface area contributed by atoms with Crippen LogP contribution in [0, 0.1) is 0 Å². The van der Waals surface area contributed by atoms with Crippen LogP contribution in [-0.4, -0.2) is 132 Å². The molecule has 1 aromatic carbocycles. The number of ether oxygens (including phenoxy) is 3. The van der Waals surface area contributed by atoms with Crippen LogP contribution in [0.2, 0.25) is 0 Å². The van der Waals surface area contributed by atoms with Gasteiger partial charge in [-0.15, -0.1) is 0 Å². The first kappa shape index (κ1) is 26.4. The summed E-state index contributed by atoms with van der Waals surface area (Å²) in [5.74, 6) is -0.435. The summed E-state index contributed by atoms with van der Waals surface area (Å²) < 4.78 is 17.3. The van der Waals surface area contributed by atoms with Gasteiger partial charge in [-0.3, -0.25) is 14.6 Å². The molecule has 11 nitrogen and oxygen atoms in total. The third kappa shape index (κ3) is 6.37. The Morgan fingerprint density at radius 3 is 2.51 bits per heavy atom. The smallest absolute Gasteiger partial charge is 0.219 e. The fourth-order valence-corrected chi connectivity index (χ4v) is 5.07. The summed E-state index contributed by atoms with van der Waals surface area (Å²) in [6, 6.07) is 8.05. The largest absolute Gasteiger partial charge is 0.829 e. The second kappa shape index (κ2) is 12.0. The Labute approximate surface area is 205 Å². The van der Waals surface area contributed by atoms with E-state index in [4.69, 9.17) is 19.3 Å². The van der Waals surface area contributed by atoms with Crippen LogP contribution >= 0.6 is 0 Å². The standard InChI is InChI=1S/C24H36N3O8/c1-16(29)27(14-18(30)13-26-9-7-25(8-10-26)11-12-28)20-21(31)22-19(34-23(20)32)15-33-24(35-22)17-5-3-2-4-6-17/h2-6,18-24,28,30-31H,7-15H2,1H3/q-1/t18-,19-,20-,21-,22-,23-,24?/m1/s1. The molecule has 3 N–H and O–H groups in total. The number of nitrogens with zero attached hydrogens (tertiary/aromatic N) is 3. The highest BCUT2D eigenvalue weighted by atomic mass is 16.7. The van der Waals surface area contributed by atoms with Crippen LogP contribution in [0.5, 0.6) is 0 Å². The monoisotopic (exact) mass is 494 g/mol. The van der Waals surface area contributed by atoms with E-state index in [2.05, 4.69) is 9.80 Å². The molecule has 1 amide bonds. The molecule has 3 heterocycles. The predicted molar refractivity (Wildman–Crippen MR) is 122 cm³/mol. The van der Waals surface area contributed by atoms with Crippen LogP contribution in [0.25, 0.3) is 0 Å². The van der Waals surface area contributed by atoms with Gasteiger partial charge in [-0.2, -0.15) is 0 Å². The molecular weight excluding hydrogens is 458 g/mol. The Morgan fingerprint density at radius 1 is 1.17 bits per heavy atom. The summed E-state index contributed by atoms with van der Waals surface area (Å²) in [4.78, 5) is 18.0. The molecule has 196 valence electrons. The molecule has 1 unspecified atom stereocenters. The highest BCUT2D eigenvalue weighted by Crippen LogP contribution is 2.34. The van der Waals surface area contributed by atoms with E-state index in [1.165, 1.54) is 11.8 Å². The van der Waals surface area contributed by atoms with Gasteiger partial charge in [0.25, 0.3) is 0 Å². The molecule has 0 spiro atoms. The number of fused-ring (bicyclic) bond motifs is 1. The number of carbonyl (C=O) groups excluding carboxylic acids is 1. The zero-order chi connectivity index (χ0) is 24.9. The maximum atomic E-state index is 12.9. The van der Waals surface area contributed by atoms with Gasteiger partial charge in [0.2, 0.25) is 5.91 Å². The summed E-state index contributed by atoms with van der Waals surface area (Å²) in [6.07, 6.45) is -6.25. The number of carbonyl (C=O) groups is 1. The van der Waals surface area contributed by atoms with Crippen LogP contribution in [0.3, 0.4) is 0 Å². The van der Waals surface area contributed by atoms with Crippen molar-refractivity contribution in [3.63, 3.8) is 0 Å². The van der Waals surface area contributed by atoms with Crippen LogP contribution in [-0.2, 0) is 19.0 Å². The predicted octanol–water partition coefficient (Wildman–Crippen LogP) is -2.27. The van der Waals surface area contributed by atoms with Gasteiger partial charge >= 0.3 is 0 Å². The second-order valence-electron chi connectivity index (χ2n) is 9.39. The molecule has 11 heteroatoms. The molecular formula is C24H36N3O8-. The van der Waals surface area contributed by atoms with Crippen LogP contribution < -0.4 is 5.11 Å². The van der Waals surface area contributed by atoms with Gasteiger partial charge in [0.1, 0.15) is 18.3 Å². The van der Waals surface area contributed by atoms with E-state index in [0.717, 1.165) is 31.7 Å². The molecule has 0 bridgehead atoms. The summed E-state index contributed by atoms with van der Waals surface area (Å²) in [5.41, 5.74) is 0.775. The lowest BCUT2D eigenvalue weighted by Crippen LogP contribution is -2.70. The van der Waals surface area contributed by atoms with E-state index < -0.39 is 48.9 Å². The van der Waals surface area contributed by atoms with Crippen molar-refractivity contribution in [3.8, 4) is 0 Å². The van der Waals surface area contributed by atoms with Gasteiger partial charge in [0, 0.05) is 64.6 Å². The Balaban J connectivity index is 1.39. The minimum Gasteiger partial charge on any atom is -0.829 e. The fourth-order valence-electron chi connectivity index (χ4n) is 5.07. The van der Waals surface area contributed by atoms with Crippen molar-refractivity contribution in [2.75, 3.05) is 59.0 Å². The number of rotatable bonds is 8. The zero-order valence-corrected chi connectivity index (χ0v) is 20.0. The van der Waals surface area contributed by atoms with Crippen molar-refractivity contribution in [2.45, 2.75) is 50.0 Å². The van der Waals surface area contributed by atoms with Crippen molar-refractivity contribution in [3.05, 3.63) is 35.9 Å². The quantitative estimate of drug-likeness (QED) is 0.363. The average Bonchev–Trinajstić information content (AvgIpc) is 2.85. The Morgan fingerprint density at radius 2 is 1.86 bits per heavy atom. The lowest BCUT2D eigenvalue weighted by atomic mass is 9.94. The Hall–Kier alpha value is -1.67. The molecule has 0 aromatic heterocycles. The van der Waals surface area contributed by atoms with Crippen LogP contribution in [0.15, 0.2) is 30.3 Å². The second-order valence-corrected chi connectivity index (χ2v) is 9.39. The highest BCUT2D eigenvalue weighted by Gasteiger charge is 2.48. The fraction of sp³-hybridized carbons (Fsp3) is 0.708. The van der Waals surface area contributed by atoms with Crippen molar-refractivity contribution in [2.24, 2.45) is 0 Å². The van der Waals surface area contributed by atoms with E-state index in [1.807, 2.05) is 30.3 Å². The lowest BCUT2D eigenvalue weighted by Gasteiger charge is -2.53. The molecule has 0 saturated carbocycles. The molecule has 3 saturated heterocycles. The third-order valence-electron chi connectivity index (χ3n) is 6.93. The topological polar surface area (TPSA) is 138 Å². The number of benzene rings is 1. The first-order chi connectivity index (χ1) is 16.9. The van der Waals surface area contributed by atoms with Crippen LogP contribution in [0.4, 0.5) is 0 Å². The molecule has 3 aliphatic rings. The van der Waals surface area contributed by atoms with Crippen molar-refractivity contribution in [1.82, 2.24) is 14.7 Å². The maximum absolute atomic E-state index is 12.9. The van der Waals surface area contributed by atoms with E-state index >= 15 is 0 Å². The van der Waals surface area contributed by atoms with E-state index in [-0.39, 0.29) is 19.8 Å². The maximum Gasteiger partial charge on any atom is 0.219 e. The highest BCUT2D eigenvalue weighted by molar-refractivity contribution is 5.73. The first-order valence-corrected chi connectivity index (χ1v) is 12.2. The third-order valence-corrected chi connectivity index (χ3v) is 6.93. The van der Waals surface area contributed by atoms with Crippen molar-refractivity contribution >= 4 is 5.91 Å². The molecule has 1 aromatic rings. The molecule has 0 radical (unpaired) electrons. The number of hydrogen-bond acceptors (Lipinski definition) is 10. The van der Waals surface area contributed by atoms with Gasteiger partial charge in [0.05, 0.1) is 25.4 Å². The molecule has 35 heavy (non-hydrogen) atoms. The van der Waals surface area contributed by atoms with E-state index in [1.54, 1.807) is 0 Å². The molecule has 4 rings (SSSR count). The minimum atomic E-state index is -1.70.